The van der Waals surface area contributed by atoms with Gasteiger partial charge in [0.15, 0.2) is 0 Å². The summed E-state index contributed by atoms with van der Waals surface area (Å²) in [5, 5.41) is 1.72. The van der Waals surface area contributed by atoms with Crippen LogP contribution in [0.25, 0.3) is 10.9 Å². The highest BCUT2D eigenvalue weighted by Crippen LogP contribution is 2.18. The van der Waals surface area contributed by atoms with Gasteiger partial charge in [-0.3, -0.25) is 9.78 Å². The first-order valence-corrected chi connectivity index (χ1v) is 7.71. The Kier molecular flexibility index (Phi) is 3.98. The first-order valence-electron chi connectivity index (χ1n) is 6.59. The lowest BCUT2D eigenvalue weighted by atomic mass is 10.1. The van der Waals surface area contributed by atoms with E-state index in [9.17, 15) is 4.79 Å². The molecule has 2 aromatic rings. The molecule has 0 bridgehead atoms. The minimum Gasteiger partial charge on any atom is -0.377 e. The number of benzene rings is 1. The largest absolute Gasteiger partial charge is 0.377 e. The van der Waals surface area contributed by atoms with E-state index in [1.807, 2.05) is 35.2 Å². The predicted molar refractivity (Wildman–Crippen MR) is 81.2 cm³/mol. The van der Waals surface area contributed by atoms with Gasteiger partial charge in [0.05, 0.1) is 24.8 Å². The van der Waals surface area contributed by atoms with Crippen molar-refractivity contribution in [3.63, 3.8) is 0 Å². The third kappa shape index (κ3) is 2.55. The summed E-state index contributed by atoms with van der Waals surface area (Å²) in [5.74, 6) is 0.0588. The van der Waals surface area contributed by atoms with Gasteiger partial charge in [0.1, 0.15) is 0 Å². The average Bonchev–Trinajstić information content (AvgIpc) is 2.53. The Bertz CT molecular complexity index is 632. The molecule has 3 rings (SSSR count). The minimum atomic E-state index is 0.0588. The van der Waals surface area contributed by atoms with Crippen molar-refractivity contribution in [1.82, 2.24) is 9.88 Å². The second-order valence-corrected chi connectivity index (χ2v) is 5.44. The molecule has 0 aliphatic carbocycles. The number of aromatic nitrogens is 1. The number of pyridine rings is 1. The zero-order valence-electron chi connectivity index (χ0n) is 11.0. The van der Waals surface area contributed by atoms with E-state index in [2.05, 4.69) is 20.9 Å². The van der Waals surface area contributed by atoms with Crippen molar-refractivity contribution in [1.29, 1.82) is 0 Å². The van der Waals surface area contributed by atoms with Crippen LogP contribution >= 0.6 is 15.9 Å². The number of carbonyl (C=O) groups is 1. The number of rotatable bonds is 2. The third-order valence-electron chi connectivity index (χ3n) is 3.52. The van der Waals surface area contributed by atoms with Gasteiger partial charge in [-0.1, -0.05) is 22.0 Å². The molecule has 1 saturated heterocycles. The average molecular weight is 335 g/mol. The van der Waals surface area contributed by atoms with Crippen LogP contribution < -0.4 is 0 Å². The van der Waals surface area contributed by atoms with Gasteiger partial charge in [0.2, 0.25) is 0 Å². The molecule has 1 aromatic carbocycles. The topological polar surface area (TPSA) is 42.4 Å². The van der Waals surface area contributed by atoms with Crippen LogP contribution in [0.5, 0.6) is 0 Å². The molecule has 0 spiro atoms. The van der Waals surface area contributed by atoms with E-state index >= 15 is 0 Å². The lowest BCUT2D eigenvalue weighted by molar-refractivity contribution is 0.00526. The first kappa shape index (κ1) is 13.5. The van der Waals surface area contributed by atoms with Crippen LogP contribution in [0.3, 0.4) is 0 Å². The molecule has 20 heavy (non-hydrogen) atoms. The van der Waals surface area contributed by atoms with Crippen LogP contribution in [-0.2, 0) is 4.74 Å². The number of hydrogen-bond acceptors (Lipinski definition) is 3. The van der Waals surface area contributed by atoms with E-state index in [1.54, 1.807) is 6.20 Å². The van der Waals surface area contributed by atoms with Crippen LogP contribution in [0.15, 0.2) is 36.5 Å². The number of amides is 1. The Hall–Kier alpha value is -1.46. The molecule has 0 saturated carbocycles. The monoisotopic (exact) mass is 334 g/mol. The van der Waals surface area contributed by atoms with E-state index < -0.39 is 0 Å². The van der Waals surface area contributed by atoms with Gasteiger partial charge in [0.25, 0.3) is 5.91 Å². The van der Waals surface area contributed by atoms with Crippen molar-refractivity contribution in [3.8, 4) is 0 Å². The molecule has 5 heteroatoms. The van der Waals surface area contributed by atoms with Gasteiger partial charge >= 0.3 is 0 Å². The molecule has 2 heterocycles. The van der Waals surface area contributed by atoms with Crippen LogP contribution in [0, 0.1) is 0 Å². The van der Waals surface area contributed by atoms with Gasteiger partial charge in [-0.2, -0.15) is 0 Å². The summed E-state index contributed by atoms with van der Waals surface area (Å²) >= 11 is 3.45. The van der Waals surface area contributed by atoms with E-state index in [1.165, 1.54) is 0 Å². The first-order chi connectivity index (χ1) is 9.79. The van der Waals surface area contributed by atoms with Crippen molar-refractivity contribution in [3.05, 3.63) is 42.1 Å². The van der Waals surface area contributed by atoms with Crippen molar-refractivity contribution in [2.75, 3.05) is 25.1 Å². The number of halogens is 1. The fraction of sp³-hybridized carbons (Fsp3) is 0.333. The molecule has 1 aromatic heterocycles. The zero-order chi connectivity index (χ0) is 13.9. The Morgan fingerprint density at radius 3 is 3.20 bits per heavy atom. The molecule has 104 valence electrons. The summed E-state index contributed by atoms with van der Waals surface area (Å²) in [7, 11) is 0. The molecule has 4 nitrogen and oxygen atoms in total. The smallest absolute Gasteiger partial charge is 0.254 e. The van der Waals surface area contributed by atoms with Crippen molar-refractivity contribution in [2.45, 2.75) is 6.04 Å². The van der Waals surface area contributed by atoms with Crippen molar-refractivity contribution in [2.24, 2.45) is 0 Å². The summed E-state index contributed by atoms with van der Waals surface area (Å²) in [6.45, 7) is 1.83. The summed E-state index contributed by atoms with van der Waals surface area (Å²) in [5.41, 5.74) is 1.61. The summed E-state index contributed by atoms with van der Waals surface area (Å²) in [6, 6.07) is 9.60. The number of alkyl halides is 1. The maximum atomic E-state index is 12.6. The normalized spacial score (nSPS) is 19.2. The Labute approximate surface area is 125 Å². The SMILES string of the molecule is O=C(c1ccc2ncccc2c1)N1CCOCC1CBr. The number of nitrogens with zero attached hydrogens (tertiary/aromatic N) is 2. The molecule has 1 unspecified atom stereocenters. The second kappa shape index (κ2) is 5.89. The number of hydrogen-bond donors (Lipinski definition) is 0. The van der Waals surface area contributed by atoms with Crippen LogP contribution in [0.2, 0.25) is 0 Å². The van der Waals surface area contributed by atoms with Gasteiger partial charge in [0, 0.05) is 29.0 Å². The summed E-state index contributed by atoms with van der Waals surface area (Å²) in [6.07, 6.45) is 1.76. The van der Waals surface area contributed by atoms with Crippen molar-refractivity contribution >= 4 is 32.7 Å². The summed E-state index contributed by atoms with van der Waals surface area (Å²) in [4.78, 5) is 18.8. The molecular formula is C15H15BrN2O2. The fourth-order valence-corrected chi connectivity index (χ4v) is 2.96. The maximum absolute atomic E-state index is 12.6. The van der Waals surface area contributed by atoms with Gasteiger partial charge in [-0.25, -0.2) is 0 Å². The Balaban J connectivity index is 1.91. The molecule has 1 amide bonds. The number of morpholine rings is 1. The minimum absolute atomic E-state index is 0.0588. The maximum Gasteiger partial charge on any atom is 0.254 e. The number of carbonyl (C=O) groups excluding carboxylic acids is 1. The zero-order valence-corrected chi connectivity index (χ0v) is 12.5. The van der Waals surface area contributed by atoms with E-state index in [0.29, 0.717) is 25.3 Å². The van der Waals surface area contributed by atoms with E-state index in [-0.39, 0.29) is 11.9 Å². The van der Waals surface area contributed by atoms with Crippen LogP contribution in [-0.4, -0.2) is 46.9 Å². The van der Waals surface area contributed by atoms with Crippen LogP contribution in [0.4, 0.5) is 0 Å². The number of fused-ring (bicyclic) bond motifs is 1. The van der Waals surface area contributed by atoms with E-state index in [4.69, 9.17) is 4.74 Å². The number of ether oxygens (including phenoxy) is 1. The molecule has 1 aliphatic heterocycles. The Morgan fingerprint density at radius 2 is 2.35 bits per heavy atom. The predicted octanol–water partition coefficient (Wildman–Crippen LogP) is 2.47. The van der Waals surface area contributed by atoms with Crippen molar-refractivity contribution < 1.29 is 9.53 Å². The fourth-order valence-electron chi connectivity index (χ4n) is 2.42. The molecule has 0 N–H and O–H groups in total. The van der Waals surface area contributed by atoms with E-state index in [0.717, 1.165) is 16.2 Å². The lowest BCUT2D eigenvalue weighted by Crippen LogP contribution is -2.49. The standard InChI is InChI=1S/C15H15BrN2O2/c16-9-13-10-20-7-6-18(13)15(19)12-3-4-14-11(8-12)2-1-5-17-14/h1-5,8,13H,6-7,9-10H2. The summed E-state index contributed by atoms with van der Waals surface area (Å²) < 4.78 is 5.43. The highest BCUT2D eigenvalue weighted by Gasteiger charge is 2.27. The third-order valence-corrected chi connectivity index (χ3v) is 4.26. The van der Waals surface area contributed by atoms with Gasteiger partial charge < -0.3 is 9.64 Å². The van der Waals surface area contributed by atoms with Gasteiger partial charge in [-0.15, -0.1) is 0 Å². The molecule has 1 fully saturated rings. The quantitative estimate of drug-likeness (QED) is 0.792. The van der Waals surface area contributed by atoms with Gasteiger partial charge in [-0.05, 0) is 24.3 Å². The highest BCUT2D eigenvalue weighted by atomic mass is 79.9. The molecule has 1 aliphatic rings. The molecule has 0 radical (unpaired) electrons. The van der Waals surface area contributed by atoms with Crippen LogP contribution in [0.1, 0.15) is 10.4 Å². The second-order valence-electron chi connectivity index (χ2n) is 4.79. The molecule has 1 atom stereocenters. The Morgan fingerprint density at radius 1 is 1.45 bits per heavy atom. The highest BCUT2D eigenvalue weighted by molar-refractivity contribution is 9.09. The lowest BCUT2D eigenvalue weighted by Gasteiger charge is -2.34. The molecular weight excluding hydrogens is 320 g/mol.